The first-order chi connectivity index (χ1) is 14.6. The summed E-state index contributed by atoms with van der Waals surface area (Å²) >= 11 is 0. The van der Waals surface area contributed by atoms with Crippen molar-refractivity contribution in [2.75, 3.05) is 25.0 Å². The van der Waals surface area contributed by atoms with E-state index in [1.807, 2.05) is 17.0 Å². The summed E-state index contributed by atoms with van der Waals surface area (Å²) in [6.07, 6.45) is 8.48. The van der Waals surface area contributed by atoms with Gasteiger partial charge >= 0.3 is 0 Å². The van der Waals surface area contributed by atoms with E-state index in [1.54, 1.807) is 12.3 Å². The molecule has 2 amide bonds. The lowest BCUT2D eigenvalue weighted by Crippen LogP contribution is -2.48. The third-order valence-electron chi connectivity index (χ3n) is 6.65. The molecule has 30 heavy (non-hydrogen) atoms. The van der Waals surface area contributed by atoms with Crippen LogP contribution in [0.2, 0.25) is 0 Å². The molecule has 3 aliphatic heterocycles. The minimum atomic E-state index is -0.334. The van der Waals surface area contributed by atoms with Crippen molar-refractivity contribution >= 4 is 23.7 Å². The van der Waals surface area contributed by atoms with E-state index in [0.717, 1.165) is 50.0 Å². The van der Waals surface area contributed by atoms with Gasteiger partial charge in [-0.25, -0.2) is 4.98 Å². The number of piperidine rings is 1. The molecule has 154 valence electrons. The van der Waals surface area contributed by atoms with Crippen molar-refractivity contribution in [1.82, 2.24) is 15.2 Å². The third kappa shape index (κ3) is 3.52. The molecule has 0 radical (unpaired) electrons. The molecule has 2 aromatic rings. The normalized spacial score (nSPS) is 20.0. The summed E-state index contributed by atoms with van der Waals surface area (Å²) in [5.41, 5.74) is 4.17. The molecule has 0 saturated carbocycles. The van der Waals surface area contributed by atoms with Crippen LogP contribution in [-0.2, 0) is 29.0 Å². The van der Waals surface area contributed by atoms with Crippen molar-refractivity contribution in [1.29, 1.82) is 0 Å². The maximum atomic E-state index is 12.7. The topological polar surface area (TPSA) is 74.3 Å². The molecule has 6 heteroatoms. The van der Waals surface area contributed by atoms with Gasteiger partial charge in [-0.15, -0.1) is 0 Å². The van der Waals surface area contributed by atoms with Crippen LogP contribution in [-0.4, -0.2) is 41.3 Å². The number of amides is 2. The van der Waals surface area contributed by atoms with Gasteiger partial charge in [-0.05, 0) is 73.2 Å². The number of hydrogen-bond donors (Lipinski definition) is 2. The zero-order valence-corrected chi connectivity index (χ0v) is 17.0. The number of hydrogen-bond acceptors (Lipinski definition) is 4. The Morgan fingerprint density at radius 3 is 2.77 bits per heavy atom. The van der Waals surface area contributed by atoms with Crippen LogP contribution in [0.15, 0.2) is 42.6 Å². The molecular weight excluding hydrogens is 376 g/mol. The first-order valence-electron chi connectivity index (χ1n) is 10.7. The van der Waals surface area contributed by atoms with Crippen LogP contribution in [0.25, 0.3) is 6.08 Å². The number of anilines is 1. The Balaban J connectivity index is 1.30. The number of nitrogens with zero attached hydrogens (tertiary/aromatic N) is 2. The lowest BCUT2D eigenvalue weighted by atomic mass is 9.71. The second kappa shape index (κ2) is 7.69. The van der Waals surface area contributed by atoms with Crippen LogP contribution < -0.4 is 10.6 Å². The van der Waals surface area contributed by atoms with Crippen molar-refractivity contribution in [3.05, 3.63) is 64.9 Å². The minimum absolute atomic E-state index is 0.0188. The molecule has 2 N–H and O–H groups in total. The smallest absolute Gasteiger partial charge is 0.246 e. The van der Waals surface area contributed by atoms with Crippen LogP contribution in [0, 0.1) is 5.41 Å². The number of benzene rings is 1. The average Bonchev–Trinajstić information content (AvgIpc) is 2.78. The summed E-state index contributed by atoms with van der Waals surface area (Å²) in [5, 5.41) is 6.33. The van der Waals surface area contributed by atoms with Gasteiger partial charge in [-0.3, -0.25) is 9.59 Å². The summed E-state index contributed by atoms with van der Waals surface area (Å²) in [6, 6.07) is 10.4. The van der Waals surface area contributed by atoms with Crippen LogP contribution in [0.5, 0.6) is 0 Å². The van der Waals surface area contributed by atoms with E-state index in [2.05, 4.69) is 39.9 Å². The SMILES string of the molecule is O=C(C=Cc1cnc2c(c1)CC1(CCNCC1)C(=O)N2)N1CCc2ccccc2C1. The molecule has 0 bridgehead atoms. The molecule has 1 fully saturated rings. The Labute approximate surface area is 176 Å². The zero-order chi connectivity index (χ0) is 20.6. The molecule has 0 unspecified atom stereocenters. The van der Waals surface area contributed by atoms with E-state index >= 15 is 0 Å². The molecule has 4 heterocycles. The molecule has 1 saturated heterocycles. The number of carbonyl (C=O) groups is 2. The van der Waals surface area contributed by atoms with Gasteiger partial charge in [0.05, 0.1) is 5.41 Å². The first-order valence-corrected chi connectivity index (χ1v) is 10.7. The number of aromatic nitrogens is 1. The Hall–Kier alpha value is -2.99. The summed E-state index contributed by atoms with van der Waals surface area (Å²) < 4.78 is 0. The van der Waals surface area contributed by atoms with Crippen molar-refractivity contribution in [2.45, 2.75) is 32.2 Å². The standard InChI is InChI=1S/C24H26N4O2/c29-21(28-12-7-18-3-1-2-4-19(18)16-28)6-5-17-13-20-14-24(8-10-25-11-9-24)23(30)27-22(20)26-15-17/h1-6,13,15,25H,7-12,14,16H2,(H,26,27,30). The van der Waals surface area contributed by atoms with E-state index in [-0.39, 0.29) is 17.2 Å². The number of nitrogens with one attached hydrogen (secondary N) is 2. The molecule has 5 rings (SSSR count). The van der Waals surface area contributed by atoms with Gasteiger partial charge in [-0.2, -0.15) is 0 Å². The molecule has 0 aliphatic carbocycles. The third-order valence-corrected chi connectivity index (χ3v) is 6.65. The largest absolute Gasteiger partial charge is 0.334 e. The highest BCUT2D eigenvalue weighted by Gasteiger charge is 2.43. The first kappa shape index (κ1) is 19.0. The van der Waals surface area contributed by atoms with Crippen LogP contribution >= 0.6 is 0 Å². The average molecular weight is 402 g/mol. The molecule has 1 aromatic heterocycles. The van der Waals surface area contributed by atoms with Gasteiger partial charge in [0.1, 0.15) is 5.82 Å². The molecule has 6 nitrogen and oxygen atoms in total. The van der Waals surface area contributed by atoms with Gasteiger partial charge in [0.15, 0.2) is 0 Å². The lowest BCUT2D eigenvalue weighted by molar-refractivity contribution is -0.128. The number of fused-ring (bicyclic) bond motifs is 2. The van der Waals surface area contributed by atoms with Crippen molar-refractivity contribution < 1.29 is 9.59 Å². The Morgan fingerprint density at radius 2 is 1.93 bits per heavy atom. The quantitative estimate of drug-likeness (QED) is 0.757. The maximum absolute atomic E-state index is 12.7. The van der Waals surface area contributed by atoms with Crippen LogP contribution in [0.4, 0.5) is 5.82 Å². The summed E-state index contributed by atoms with van der Waals surface area (Å²) in [7, 11) is 0. The Bertz CT molecular complexity index is 1020. The van der Waals surface area contributed by atoms with E-state index in [9.17, 15) is 9.59 Å². The number of rotatable bonds is 2. The molecule has 1 aromatic carbocycles. The van der Waals surface area contributed by atoms with Crippen LogP contribution in [0.1, 0.15) is 35.1 Å². The zero-order valence-electron chi connectivity index (χ0n) is 17.0. The van der Waals surface area contributed by atoms with Gasteiger partial charge in [0, 0.05) is 25.4 Å². The van der Waals surface area contributed by atoms with E-state index in [1.165, 1.54) is 11.1 Å². The summed E-state index contributed by atoms with van der Waals surface area (Å²) in [6.45, 7) is 3.13. The fourth-order valence-electron chi connectivity index (χ4n) is 4.82. The van der Waals surface area contributed by atoms with Crippen molar-refractivity contribution in [3.63, 3.8) is 0 Å². The van der Waals surface area contributed by atoms with Gasteiger partial charge in [-0.1, -0.05) is 24.3 Å². The van der Waals surface area contributed by atoms with Crippen molar-refractivity contribution in [3.8, 4) is 0 Å². The van der Waals surface area contributed by atoms with E-state index in [4.69, 9.17) is 0 Å². The maximum Gasteiger partial charge on any atom is 0.246 e. The van der Waals surface area contributed by atoms with Crippen LogP contribution in [0.3, 0.4) is 0 Å². The van der Waals surface area contributed by atoms with Gasteiger partial charge < -0.3 is 15.5 Å². The second-order valence-corrected chi connectivity index (χ2v) is 8.55. The van der Waals surface area contributed by atoms with Gasteiger partial charge in [0.25, 0.3) is 0 Å². The molecule has 3 aliphatic rings. The second-order valence-electron chi connectivity index (χ2n) is 8.55. The van der Waals surface area contributed by atoms with Gasteiger partial charge in [0.2, 0.25) is 11.8 Å². The fourth-order valence-corrected chi connectivity index (χ4v) is 4.82. The number of carbonyl (C=O) groups excluding carboxylic acids is 2. The number of pyridine rings is 1. The molecule has 0 atom stereocenters. The predicted molar refractivity (Wildman–Crippen MR) is 116 cm³/mol. The van der Waals surface area contributed by atoms with E-state index in [0.29, 0.717) is 18.8 Å². The fraction of sp³-hybridized carbons (Fsp3) is 0.375. The predicted octanol–water partition coefficient (Wildman–Crippen LogP) is 2.54. The monoisotopic (exact) mass is 402 g/mol. The molecular formula is C24H26N4O2. The lowest BCUT2D eigenvalue weighted by Gasteiger charge is -2.39. The summed E-state index contributed by atoms with van der Waals surface area (Å²) in [5.74, 6) is 0.762. The minimum Gasteiger partial charge on any atom is -0.334 e. The summed E-state index contributed by atoms with van der Waals surface area (Å²) in [4.78, 5) is 31.7. The molecule has 1 spiro atoms. The van der Waals surface area contributed by atoms with E-state index < -0.39 is 0 Å². The highest BCUT2D eigenvalue weighted by atomic mass is 16.2. The highest BCUT2D eigenvalue weighted by Crippen LogP contribution is 2.39. The Morgan fingerprint density at radius 1 is 1.13 bits per heavy atom. The van der Waals surface area contributed by atoms with Crippen molar-refractivity contribution in [2.24, 2.45) is 5.41 Å². The Kier molecular flexibility index (Phi) is 4.87. The highest BCUT2D eigenvalue weighted by molar-refractivity contribution is 5.98.